The minimum absolute atomic E-state index is 0.320. The first-order chi connectivity index (χ1) is 6.31. The fourth-order valence-electron chi connectivity index (χ4n) is 0.596. The number of esters is 1. The average Bonchev–Trinajstić information content (AvgIpc) is 2.11. The average molecular weight is 178 g/mol. The van der Waals surface area contributed by atoms with Crippen LogP contribution in [0.2, 0.25) is 0 Å². The molecule has 0 atom stereocenters. The summed E-state index contributed by atoms with van der Waals surface area (Å²) in [6.07, 6.45) is 11.9. The predicted molar refractivity (Wildman–Crippen MR) is 54.3 cm³/mol. The lowest BCUT2D eigenvalue weighted by Crippen LogP contribution is -1.98. The van der Waals surface area contributed by atoms with Crippen molar-refractivity contribution in [3.05, 3.63) is 49.1 Å². The van der Waals surface area contributed by atoms with E-state index in [2.05, 4.69) is 11.3 Å². The Balaban J connectivity index is 3.73. The lowest BCUT2D eigenvalue weighted by atomic mass is 10.4. The zero-order valence-corrected chi connectivity index (χ0v) is 7.77. The van der Waals surface area contributed by atoms with E-state index in [1.54, 1.807) is 37.3 Å². The van der Waals surface area contributed by atoms with Crippen LogP contribution in [0.5, 0.6) is 0 Å². The van der Waals surface area contributed by atoms with E-state index in [0.717, 1.165) is 0 Å². The van der Waals surface area contributed by atoms with Crippen LogP contribution in [0.15, 0.2) is 49.1 Å². The van der Waals surface area contributed by atoms with Gasteiger partial charge < -0.3 is 4.74 Å². The summed E-state index contributed by atoms with van der Waals surface area (Å²) in [5, 5.41) is 0. The molecule has 2 heteroatoms. The Kier molecular flexibility index (Phi) is 7.50. The molecule has 0 unspecified atom stereocenters. The smallest absolute Gasteiger partial charge is 0.330 e. The van der Waals surface area contributed by atoms with E-state index in [4.69, 9.17) is 0 Å². The van der Waals surface area contributed by atoms with Crippen molar-refractivity contribution in [2.24, 2.45) is 0 Å². The number of ether oxygens (including phenoxy) is 1. The maximum Gasteiger partial charge on any atom is 0.330 e. The van der Waals surface area contributed by atoms with Gasteiger partial charge in [0.25, 0.3) is 0 Å². The Morgan fingerprint density at radius 3 is 2.46 bits per heavy atom. The number of hydrogen-bond donors (Lipinski definition) is 0. The van der Waals surface area contributed by atoms with Crippen molar-refractivity contribution in [1.82, 2.24) is 0 Å². The van der Waals surface area contributed by atoms with Crippen LogP contribution >= 0.6 is 0 Å². The molecule has 0 N–H and O–H groups in total. The number of carbonyl (C=O) groups is 1. The van der Waals surface area contributed by atoms with Gasteiger partial charge in [-0.15, -0.1) is 0 Å². The molecule has 0 amide bonds. The third-order valence-corrected chi connectivity index (χ3v) is 1.10. The predicted octanol–water partition coefficient (Wildman–Crippen LogP) is 2.40. The van der Waals surface area contributed by atoms with Crippen LogP contribution in [0.1, 0.15) is 6.92 Å². The SMILES string of the molecule is C=CC=C/C=C/C=C/C(=O)OCC. The molecule has 2 nitrogen and oxygen atoms in total. The van der Waals surface area contributed by atoms with E-state index in [1.807, 2.05) is 6.08 Å². The van der Waals surface area contributed by atoms with Crippen LogP contribution in [0.3, 0.4) is 0 Å². The van der Waals surface area contributed by atoms with Crippen molar-refractivity contribution < 1.29 is 9.53 Å². The van der Waals surface area contributed by atoms with Crippen LogP contribution in [-0.2, 0) is 9.53 Å². The zero-order chi connectivity index (χ0) is 9.94. The summed E-state index contributed by atoms with van der Waals surface area (Å²) in [6, 6.07) is 0. The van der Waals surface area contributed by atoms with Gasteiger partial charge >= 0.3 is 5.97 Å². The van der Waals surface area contributed by atoms with E-state index >= 15 is 0 Å². The lowest BCUT2D eigenvalue weighted by Gasteiger charge is -1.92. The third-order valence-electron chi connectivity index (χ3n) is 1.10. The van der Waals surface area contributed by atoms with E-state index < -0.39 is 0 Å². The molecule has 0 aromatic carbocycles. The first kappa shape index (κ1) is 11.4. The third kappa shape index (κ3) is 8.34. The van der Waals surface area contributed by atoms with Gasteiger partial charge in [-0.25, -0.2) is 4.79 Å². The van der Waals surface area contributed by atoms with Crippen LogP contribution in [0.25, 0.3) is 0 Å². The summed E-state index contributed by atoms with van der Waals surface area (Å²) in [6.45, 7) is 5.70. The molecule has 0 rings (SSSR count). The molecule has 0 aliphatic heterocycles. The molecule has 0 heterocycles. The molecule has 0 saturated heterocycles. The van der Waals surface area contributed by atoms with E-state index in [1.165, 1.54) is 6.08 Å². The molecule has 70 valence electrons. The first-order valence-electron chi connectivity index (χ1n) is 4.10. The largest absolute Gasteiger partial charge is 0.463 e. The summed E-state index contributed by atoms with van der Waals surface area (Å²) in [7, 11) is 0. The maximum atomic E-state index is 10.8. The second-order valence-electron chi connectivity index (χ2n) is 2.12. The van der Waals surface area contributed by atoms with Gasteiger partial charge in [-0.1, -0.05) is 43.0 Å². The summed E-state index contributed by atoms with van der Waals surface area (Å²) in [5.41, 5.74) is 0. The quantitative estimate of drug-likeness (QED) is 0.367. The highest BCUT2D eigenvalue weighted by atomic mass is 16.5. The summed E-state index contributed by atoms with van der Waals surface area (Å²) < 4.78 is 4.68. The van der Waals surface area contributed by atoms with Crippen molar-refractivity contribution in [3.8, 4) is 0 Å². The van der Waals surface area contributed by atoms with Gasteiger partial charge in [-0.2, -0.15) is 0 Å². The van der Waals surface area contributed by atoms with Crippen molar-refractivity contribution in [2.45, 2.75) is 6.92 Å². The number of carbonyl (C=O) groups excluding carboxylic acids is 1. The second-order valence-corrected chi connectivity index (χ2v) is 2.12. The van der Waals surface area contributed by atoms with Gasteiger partial charge in [0.2, 0.25) is 0 Å². The molecule has 0 saturated carbocycles. The van der Waals surface area contributed by atoms with E-state index in [-0.39, 0.29) is 5.97 Å². The normalized spacial score (nSPS) is 11.5. The molecular weight excluding hydrogens is 164 g/mol. The molecular formula is C11H14O2. The van der Waals surface area contributed by atoms with Crippen molar-refractivity contribution in [2.75, 3.05) is 6.61 Å². The monoisotopic (exact) mass is 178 g/mol. The minimum Gasteiger partial charge on any atom is -0.463 e. The zero-order valence-electron chi connectivity index (χ0n) is 7.77. The van der Waals surface area contributed by atoms with Crippen LogP contribution in [-0.4, -0.2) is 12.6 Å². The Hall–Kier alpha value is -1.57. The maximum absolute atomic E-state index is 10.8. The molecule has 0 fully saturated rings. The van der Waals surface area contributed by atoms with Crippen LogP contribution in [0, 0.1) is 0 Å². The van der Waals surface area contributed by atoms with Crippen molar-refractivity contribution in [3.63, 3.8) is 0 Å². The van der Waals surface area contributed by atoms with Gasteiger partial charge in [0.1, 0.15) is 0 Å². The lowest BCUT2D eigenvalue weighted by molar-refractivity contribution is -0.137. The molecule has 0 aliphatic rings. The Bertz CT molecular complexity index is 234. The van der Waals surface area contributed by atoms with Gasteiger partial charge in [0.05, 0.1) is 6.61 Å². The highest BCUT2D eigenvalue weighted by Gasteiger charge is 1.89. The standard InChI is InChI=1S/C11H14O2/c1-3-5-6-7-8-9-10-11(12)13-4-2/h3,5-10H,1,4H2,2H3/b6-5?,8-7+,10-9+. The number of allylic oxidation sites excluding steroid dienone is 6. The van der Waals surface area contributed by atoms with Gasteiger partial charge in [-0.05, 0) is 6.92 Å². The van der Waals surface area contributed by atoms with Gasteiger partial charge in [0.15, 0.2) is 0 Å². The van der Waals surface area contributed by atoms with Crippen molar-refractivity contribution >= 4 is 5.97 Å². The summed E-state index contributed by atoms with van der Waals surface area (Å²) >= 11 is 0. The van der Waals surface area contributed by atoms with Crippen LogP contribution < -0.4 is 0 Å². The van der Waals surface area contributed by atoms with Gasteiger partial charge in [0, 0.05) is 6.08 Å². The van der Waals surface area contributed by atoms with E-state index in [9.17, 15) is 4.79 Å². The molecule has 0 aliphatic carbocycles. The molecule has 0 bridgehead atoms. The highest BCUT2D eigenvalue weighted by Crippen LogP contribution is 1.84. The Labute approximate surface area is 78.9 Å². The number of rotatable bonds is 5. The molecule has 13 heavy (non-hydrogen) atoms. The molecule has 0 spiro atoms. The Morgan fingerprint density at radius 2 is 1.85 bits per heavy atom. The molecule has 0 aromatic heterocycles. The molecule has 0 radical (unpaired) electrons. The second kappa shape index (κ2) is 8.53. The first-order valence-corrected chi connectivity index (χ1v) is 4.10. The highest BCUT2D eigenvalue weighted by molar-refractivity contribution is 5.82. The molecule has 0 aromatic rings. The van der Waals surface area contributed by atoms with Gasteiger partial charge in [-0.3, -0.25) is 0 Å². The van der Waals surface area contributed by atoms with E-state index in [0.29, 0.717) is 6.61 Å². The number of hydrogen-bond acceptors (Lipinski definition) is 2. The van der Waals surface area contributed by atoms with Crippen LogP contribution in [0.4, 0.5) is 0 Å². The minimum atomic E-state index is -0.320. The Morgan fingerprint density at radius 1 is 1.23 bits per heavy atom. The fourth-order valence-corrected chi connectivity index (χ4v) is 0.596. The topological polar surface area (TPSA) is 26.3 Å². The van der Waals surface area contributed by atoms with Crippen molar-refractivity contribution in [1.29, 1.82) is 0 Å². The summed E-state index contributed by atoms with van der Waals surface area (Å²) in [4.78, 5) is 10.8. The summed E-state index contributed by atoms with van der Waals surface area (Å²) in [5.74, 6) is -0.320. The fraction of sp³-hybridized carbons (Fsp3) is 0.182.